The van der Waals surface area contributed by atoms with Crippen molar-refractivity contribution in [3.8, 4) is 0 Å². The largest absolute Gasteiger partial charge is 0.444 e. The summed E-state index contributed by atoms with van der Waals surface area (Å²) in [4.78, 5) is 13.9. The molecule has 4 nitrogen and oxygen atoms in total. The Balaban J connectivity index is 1.56. The number of fused-ring (bicyclic) bond motifs is 1. The van der Waals surface area contributed by atoms with Gasteiger partial charge >= 0.3 is 6.09 Å². The van der Waals surface area contributed by atoms with Crippen molar-refractivity contribution in [1.29, 1.82) is 0 Å². The summed E-state index contributed by atoms with van der Waals surface area (Å²) in [5.41, 5.74) is 3.34. The minimum atomic E-state index is -0.441. The van der Waals surface area contributed by atoms with Gasteiger partial charge < -0.3 is 10.1 Å². The summed E-state index contributed by atoms with van der Waals surface area (Å²) >= 11 is 0. The van der Waals surface area contributed by atoms with E-state index in [-0.39, 0.29) is 6.09 Å². The Kier molecular flexibility index (Phi) is 4.13. The molecule has 120 valence electrons. The summed E-state index contributed by atoms with van der Waals surface area (Å²) in [7, 11) is 0. The molecule has 4 heteroatoms. The average Bonchev–Trinajstić information content (AvgIpc) is 3.13. The van der Waals surface area contributed by atoms with Crippen LogP contribution in [0, 0.1) is 5.92 Å². The van der Waals surface area contributed by atoms with Gasteiger partial charge in [-0.1, -0.05) is 18.2 Å². The number of amides is 1. The van der Waals surface area contributed by atoms with E-state index in [1.807, 2.05) is 20.8 Å². The second-order valence-corrected chi connectivity index (χ2v) is 7.51. The Bertz CT molecular complexity index is 559. The fraction of sp³-hybridized carbons (Fsp3) is 0.611. The highest BCUT2D eigenvalue weighted by Crippen LogP contribution is 2.28. The van der Waals surface area contributed by atoms with E-state index in [0.29, 0.717) is 13.1 Å². The summed E-state index contributed by atoms with van der Waals surface area (Å²) in [6, 6.07) is 6.53. The zero-order chi connectivity index (χ0) is 15.7. The lowest BCUT2D eigenvalue weighted by atomic mass is 10.1. The minimum Gasteiger partial charge on any atom is -0.444 e. The van der Waals surface area contributed by atoms with Gasteiger partial charge in [-0.2, -0.15) is 0 Å². The molecule has 0 aromatic heterocycles. The van der Waals surface area contributed by atoms with Crippen LogP contribution in [0.2, 0.25) is 0 Å². The van der Waals surface area contributed by atoms with Gasteiger partial charge in [0.25, 0.3) is 0 Å². The molecule has 1 fully saturated rings. The van der Waals surface area contributed by atoms with Crippen LogP contribution in [0.4, 0.5) is 4.79 Å². The highest BCUT2D eigenvalue weighted by Gasteiger charge is 2.27. The van der Waals surface area contributed by atoms with E-state index >= 15 is 0 Å². The van der Waals surface area contributed by atoms with Crippen LogP contribution in [0.3, 0.4) is 0 Å². The van der Waals surface area contributed by atoms with Crippen molar-refractivity contribution >= 4 is 6.09 Å². The van der Waals surface area contributed by atoms with Crippen LogP contribution in [-0.4, -0.2) is 23.1 Å². The number of nitrogens with zero attached hydrogens (tertiary/aromatic N) is 1. The maximum atomic E-state index is 12.2. The van der Waals surface area contributed by atoms with Gasteiger partial charge in [0.05, 0.1) is 0 Å². The number of hydrogen-bond acceptors (Lipinski definition) is 3. The predicted octanol–water partition coefficient (Wildman–Crippen LogP) is 3.44. The Hall–Kier alpha value is -1.55. The molecule has 22 heavy (non-hydrogen) atoms. The van der Waals surface area contributed by atoms with Crippen LogP contribution >= 0.6 is 0 Å². The minimum absolute atomic E-state index is 0.225. The van der Waals surface area contributed by atoms with Gasteiger partial charge in [0.1, 0.15) is 5.60 Å². The first-order chi connectivity index (χ1) is 10.4. The highest BCUT2D eigenvalue weighted by atomic mass is 16.6. The summed E-state index contributed by atoms with van der Waals surface area (Å²) in [5.74, 6) is 0.900. The number of benzene rings is 1. The lowest BCUT2D eigenvalue weighted by Crippen LogP contribution is -2.33. The van der Waals surface area contributed by atoms with Crippen molar-refractivity contribution < 1.29 is 9.53 Å². The molecule has 1 amide bonds. The first-order valence-electron chi connectivity index (χ1n) is 8.20. The number of rotatable bonds is 4. The molecule has 2 aliphatic rings. The average molecular weight is 302 g/mol. The van der Waals surface area contributed by atoms with Gasteiger partial charge in [-0.3, -0.25) is 4.90 Å². The lowest BCUT2D eigenvalue weighted by molar-refractivity contribution is 0.0242. The van der Waals surface area contributed by atoms with Crippen LogP contribution < -0.4 is 5.32 Å². The Morgan fingerprint density at radius 3 is 2.68 bits per heavy atom. The molecule has 1 aromatic rings. The molecule has 3 rings (SSSR count). The third kappa shape index (κ3) is 4.01. The number of nitrogens with one attached hydrogen (secondary N) is 1. The Labute approximate surface area is 132 Å². The maximum Gasteiger partial charge on any atom is 0.410 e. The smallest absolute Gasteiger partial charge is 0.410 e. The maximum absolute atomic E-state index is 12.2. The highest BCUT2D eigenvalue weighted by molar-refractivity contribution is 5.69. The number of carbonyl (C=O) groups is 1. The molecule has 1 saturated carbocycles. The van der Waals surface area contributed by atoms with Gasteiger partial charge in [-0.25, -0.2) is 4.79 Å². The van der Waals surface area contributed by atoms with Gasteiger partial charge in [-0.15, -0.1) is 0 Å². The molecule has 1 N–H and O–H groups in total. The van der Waals surface area contributed by atoms with Crippen molar-refractivity contribution in [2.24, 2.45) is 5.92 Å². The topological polar surface area (TPSA) is 41.6 Å². The number of hydrogen-bond donors (Lipinski definition) is 1. The zero-order valence-electron chi connectivity index (χ0n) is 13.8. The second kappa shape index (κ2) is 5.92. The van der Waals surface area contributed by atoms with Crippen LogP contribution in [0.1, 0.15) is 50.3 Å². The molecule has 1 aliphatic carbocycles. The molecule has 1 heterocycles. The van der Waals surface area contributed by atoms with Crippen LogP contribution in [0.15, 0.2) is 18.2 Å². The van der Waals surface area contributed by atoms with Crippen LogP contribution in [-0.2, 0) is 24.4 Å². The molecule has 0 spiro atoms. The quantitative estimate of drug-likeness (QED) is 0.926. The third-order valence-corrected chi connectivity index (χ3v) is 4.10. The van der Waals surface area contributed by atoms with E-state index in [1.165, 1.54) is 29.5 Å². The van der Waals surface area contributed by atoms with Crippen molar-refractivity contribution in [1.82, 2.24) is 10.2 Å². The number of ether oxygens (including phenoxy) is 1. The molecular formula is C18H26N2O2. The molecule has 0 unspecified atom stereocenters. The molecule has 0 bridgehead atoms. The van der Waals surface area contributed by atoms with E-state index in [2.05, 4.69) is 23.5 Å². The van der Waals surface area contributed by atoms with Crippen molar-refractivity contribution in [3.05, 3.63) is 34.9 Å². The molecule has 0 radical (unpaired) electrons. The van der Waals surface area contributed by atoms with E-state index in [0.717, 1.165) is 19.0 Å². The third-order valence-electron chi connectivity index (χ3n) is 4.10. The number of carbonyl (C=O) groups excluding carboxylic acids is 1. The van der Waals surface area contributed by atoms with E-state index < -0.39 is 5.60 Å². The van der Waals surface area contributed by atoms with Crippen molar-refractivity contribution in [2.45, 2.75) is 58.8 Å². The van der Waals surface area contributed by atoms with Gasteiger partial charge in [0.15, 0.2) is 0 Å². The summed E-state index contributed by atoms with van der Waals surface area (Å²) in [5, 5.41) is 3.51. The van der Waals surface area contributed by atoms with Gasteiger partial charge in [0, 0.05) is 19.6 Å². The van der Waals surface area contributed by atoms with E-state index in [4.69, 9.17) is 4.74 Å². The fourth-order valence-electron chi connectivity index (χ4n) is 2.76. The predicted molar refractivity (Wildman–Crippen MR) is 86.4 cm³/mol. The fourth-order valence-corrected chi connectivity index (χ4v) is 2.76. The normalized spacial score (nSPS) is 17.5. The monoisotopic (exact) mass is 302 g/mol. The molecular weight excluding hydrogens is 276 g/mol. The zero-order valence-corrected chi connectivity index (χ0v) is 13.8. The first-order valence-corrected chi connectivity index (χ1v) is 8.20. The van der Waals surface area contributed by atoms with E-state index in [9.17, 15) is 4.79 Å². The van der Waals surface area contributed by atoms with Crippen molar-refractivity contribution in [3.63, 3.8) is 0 Å². The standard InChI is InChI=1S/C18H26N2O2/c1-18(2,3)22-17(21)20-11-15-7-6-14(8-16(15)12-20)10-19-9-13-4-5-13/h6-8,13,19H,4-5,9-12H2,1-3H3. The van der Waals surface area contributed by atoms with Crippen LogP contribution in [0.25, 0.3) is 0 Å². The second-order valence-electron chi connectivity index (χ2n) is 7.51. The molecule has 1 aliphatic heterocycles. The van der Waals surface area contributed by atoms with Crippen molar-refractivity contribution in [2.75, 3.05) is 6.54 Å². The van der Waals surface area contributed by atoms with E-state index in [1.54, 1.807) is 4.90 Å². The van der Waals surface area contributed by atoms with Gasteiger partial charge in [-0.05, 0) is 62.8 Å². The Morgan fingerprint density at radius 1 is 1.27 bits per heavy atom. The van der Waals surface area contributed by atoms with Crippen LogP contribution in [0.5, 0.6) is 0 Å². The molecule has 0 saturated heterocycles. The summed E-state index contributed by atoms with van der Waals surface area (Å²) < 4.78 is 5.46. The molecule has 0 atom stereocenters. The molecule has 1 aromatic carbocycles. The lowest BCUT2D eigenvalue weighted by Gasteiger charge is -2.24. The van der Waals surface area contributed by atoms with Gasteiger partial charge in [0.2, 0.25) is 0 Å². The summed E-state index contributed by atoms with van der Waals surface area (Å²) in [6.07, 6.45) is 2.53. The first kappa shape index (κ1) is 15.3. The summed E-state index contributed by atoms with van der Waals surface area (Å²) in [6.45, 7) is 9.05. The SMILES string of the molecule is CC(C)(C)OC(=O)N1Cc2ccc(CNCC3CC3)cc2C1. The Morgan fingerprint density at radius 2 is 2.00 bits per heavy atom.